The molecule has 2 aromatic rings. The second-order valence-corrected chi connectivity index (χ2v) is 5.45. The molecule has 23 heavy (non-hydrogen) atoms. The monoisotopic (exact) mass is 318 g/mol. The van der Waals surface area contributed by atoms with Gasteiger partial charge in [0.15, 0.2) is 11.6 Å². The highest BCUT2D eigenvalue weighted by Crippen LogP contribution is 2.20. The Hall–Kier alpha value is -2.50. The molecule has 1 aliphatic rings. The van der Waals surface area contributed by atoms with Gasteiger partial charge in [0.2, 0.25) is 0 Å². The van der Waals surface area contributed by atoms with Gasteiger partial charge in [-0.25, -0.2) is 8.78 Å². The maximum Gasteiger partial charge on any atom is 0.254 e. The zero-order chi connectivity index (χ0) is 16.2. The fraction of sp³-hybridized carbons (Fsp3) is 0.294. The molecule has 0 bridgehead atoms. The third kappa shape index (κ3) is 3.64. The number of carbonyl (C=O) groups is 1. The minimum absolute atomic E-state index is 0.125. The van der Waals surface area contributed by atoms with Crippen molar-refractivity contribution in [3.8, 4) is 5.75 Å². The van der Waals surface area contributed by atoms with Crippen molar-refractivity contribution < 1.29 is 18.3 Å². The Morgan fingerprint density at radius 2 is 1.96 bits per heavy atom. The normalized spacial score (nSPS) is 17.8. The molecule has 1 atom stereocenters. The Morgan fingerprint density at radius 3 is 2.70 bits per heavy atom. The minimum Gasteiger partial charge on any atom is -0.488 e. The van der Waals surface area contributed by atoms with E-state index in [1.165, 1.54) is 6.07 Å². The topological polar surface area (TPSA) is 42.4 Å². The number of pyridine rings is 1. The van der Waals surface area contributed by atoms with Crippen LogP contribution in [0, 0.1) is 11.6 Å². The fourth-order valence-electron chi connectivity index (χ4n) is 2.64. The summed E-state index contributed by atoms with van der Waals surface area (Å²) in [7, 11) is 0. The first kappa shape index (κ1) is 15.4. The van der Waals surface area contributed by atoms with E-state index in [4.69, 9.17) is 4.74 Å². The van der Waals surface area contributed by atoms with Gasteiger partial charge in [-0.2, -0.15) is 0 Å². The maximum absolute atomic E-state index is 13.3. The lowest BCUT2D eigenvalue weighted by molar-refractivity contribution is 0.0537. The zero-order valence-electron chi connectivity index (χ0n) is 12.4. The number of piperidine rings is 1. The number of amides is 1. The van der Waals surface area contributed by atoms with Crippen molar-refractivity contribution in [2.75, 3.05) is 13.1 Å². The van der Waals surface area contributed by atoms with E-state index in [0.29, 0.717) is 18.8 Å². The molecule has 6 heteroatoms. The molecular weight excluding hydrogens is 302 g/mol. The number of likely N-dealkylation sites (tertiary alicyclic amines) is 1. The smallest absolute Gasteiger partial charge is 0.254 e. The molecule has 4 nitrogen and oxygen atoms in total. The van der Waals surface area contributed by atoms with Crippen LogP contribution in [-0.4, -0.2) is 35.0 Å². The Morgan fingerprint density at radius 1 is 1.17 bits per heavy atom. The molecule has 2 heterocycles. The molecule has 1 unspecified atom stereocenters. The van der Waals surface area contributed by atoms with Crippen LogP contribution in [0.25, 0.3) is 0 Å². The average Bonchev–Trinajstić information content (AvgIpc) is 2.58. The molecule has 1 saturated heterocycles. The molecular formula is C17H16F2N2O2. The zero-order valence-corrected chi connectivity index (χ0v) is 12.4. The first-order chi connectivity index (χ1) is 11.1. The van der Waals surface area contributed by atoms with Gasteiger partial charge in [-0.05, 0) is 43.2 Å². The first-order valence-corrected chi connectivity index (χ1v) is 7.44. The van der Waals surface area contributed by atoms with E-state index in [0.717, 1.165) is 25.0 Å². The number of ether oxygens (including phenoxy) is 1. The van der Waals surface area contributed by atoms with Crippen LogP contribution in [0.5, 0.6) is 5.75 Å². The predicted octanol–water partition coefficient (Wildman–Crippen LogP) is 3.04. The number of rotatable bonds is 3. The SMILES string of the molecule is O=C(c1ccc(F)c(F)c1)N1CCCC(Oc2ccncc2)C1. The van der Waals surface area contributed by atoms with Gasteiger partial charge in [0.05, 0.1) is 6.54 Å². The lowest BCUT2D eigenvalue weighted by Crippen LogP contribution is -2.44. The van der Waals surface area contributed by atoms with Crippen molar-refractivity contribution in [1.29, 1.82) is 0 Å². The van der Waals surface area contributed by atoms with Crippen LogP contribution >= 0.6 is 0 Å². The highest BCUT2D eigenvalue weighted by molar-refractivity contribution is 5.94. The highest BCUT2D eigenvalue weighted by atomic mass is 19.2. The van der Waals surface area contributed by atoms with Crippen molar-refractivity contribution >= 4 is 5.91 Å². The van der Waals surface area contributed by atoms with Crippen molar-refractivity contribution in [2.24, 2.45) is 0 Å². The van der Waals surface area contributed by atoms with Gasteiger partial charge >= 0.3 is 0 Å². The molecule has 1 fully saturated rings. The van der Waals surface area contributed by atoms with Crippen LogP contribution < -0.4 is 4.74 Å². The molecule has 0 radical (unpaired) electrons. The standard InChI is InChI=1S/C17H16F2N2O2/c18-15-4-3-12(10-16(15)19)17(22)21-9-1-2-14(11-21)23-13-5-7-20-8-6-13/h3-8,10,14H,1-2,9,11H2. The molecule has 0 aliphatic carbocycles. The van der Waals surface area contributed by atoms with Crippen LogP contribution in [0.15, 0.2) is 42.7 Å². The van der Waals surface area contributed by atoms with E-state index >= 15 is 0 Å². The summed E-state index contributed by atoms with van der Waals surface area (Å²) in [5, 5.41) is 0. The summed E-state index contributed by atoms with van der Waals surface area (Å²) in [6, 6.07) is 6.72. The van der Waals surface area contributed by atoms with Crippen molar-refractivity contribution in [1.82, 2.24) is 9.88 Å². The molecule has 120 valence electrons. The van der Waals surface area contributed by atoms with Crippen molar-refractivity contribution in [3.05, 3.63) is 59.9 Å². The van der Waals surface area contributed by atoms with Gasteiger partial charge in [0, 0.05) is 24.5 Å². The predicted molar refractivity (Wildman–Crippen MR) is 80.1 cm³/mol. The van der Waals surface area contributed by atoms with Crippen LogP contribution in [0.1, 0.15) is 23.2 Å². The molecule has 0 saturated carbocycles. The number of benzene rings is 1. The van der Waals surface area contributed by atoms with E-state index in [9.17, 15) is 13.6 Å². The number of halogens is 2. The minimum atomic E-state index is -1.02. The second-order valence-electron chi connectivity index (χ2n) is 5.45. The summed E-state index contributed by atoms with van der Waals surface area (Å²) in [6.45, 7) is 0.994. The van der Waals surface area contributed by atoms with Crippen LogP contribution in [-0.2, 0) is 0 Å². The van der Waals surface area contributed by atoms with Gasteiger partial charge in [-0.15, -0.1) is 0 Å². The molecule has 1 aliphatic heterocycles. The summed E-state index contributed by atoms with van der Waals surface area (Å²) < 4.78 is 32.1. The molecule has 0 N–H and O–H groups in total. The Kier molecular flexibility index (Phi) is 4.50. The van der Waals surface area contributed by atoms with Gasteiger partial charge in [0.1, 0.15) is 11.9 Å². The van der Waals surface area contributed by atoms with E-state index in [-0.39, 0.29) is 17.6 Å². The van der Waals surface area contributed by atoms with E-state index in [1.54, 1.807) is 29.4 Å². The van der Waals surface area contributed by atoms with Gasteiger partial charge in [0.25, 0.3) is 5.91 Å². The summed E-state index contributed by atoms with van der Waals surface area (Å²) in [4.78, 5) is 18.0. The summed E-state index contributed by atoms with van der Waals surface area (Å²) in [5.41, 5.74) is 0.147. The van der Waals surface area contributed by atoms with Gasteiger partial charge in [-0.1, -0.05) is 0 Å². The van der Waals surface area contributed by atoms with E-state index < -0.39 is 11.6 Å². The number of nitrogens with zero attached hydrogens (tertiary/aromatic N) is 2. The number of carbonyl (C=O) groups excluding carboxylic acids is 1. The molecule has 1 aromatic heterocycles. The highest BCUT2D eigenvalue weighted by Gasteiger charge is 2.26. The number of aromatic nitrogens is 1. The van der Waals surface area contributed by atoms with E-state index in [1.807, 2.05) is 0 Å². The largest absolute Gasteiger partial charge is 0.488 e. The average molecular weight is 318 g/mol. The van der Waals surface area contributed by atoms with Crippen LogP contribution in [0.4, 0.5) is 8.78 Å². The third-order valence-corrected chi connectivity index (χ3v) is 3.78. The molecule has 1 aromatic carbocycles. The second kappa shape index (κ2) is 6.73. The molecule has 0 spiro atoms. The first-order valence-electron chi connectivity index (χ1n) is 7.44. The number of hydrogen-bond acceptors (Lipinski definition) is 3. The lowest BCUT2D eigenvalue weighted by Gasteiger charge is -2.33. The molecule has 3 rings (SSSR count). The summed E-state index contributed by atoms with van der Waals surface area (Å²) in [5.74, 6) is -1.59. The van der Waals surface area contributed by atoms with Crippen LogP contribution in [0.3, 0.4) is 0 Å². The number of hydrogen-bond donors (Lipinski definition) is 0. The van der Waals surface area contributed by atoms with Gasteiger partial charge < -0.3 is 9.64 Å². The lowest BCUT2D eigenvalue weighted by atomic mass is 10.1. The molecule has 1 amide bonds. The fourth-order valence-corrected chi connectivity index (χ4v) is 2.64. The summed E-state index contributed by atoms with van der Waals surface area (Å²) >= 11 is 0. The quantitative estimate of drug-likeness (QED) is 0.873. The van der Waals surface area contributed by atoms with E-state index in [2.05, 4.69) is 4.98 Å². The Bertz CT molecular complexity index is 694. The Balaban J connectivity index is 1.68. The van der Waals surface area contributed by atoms with Gasteiger partial charge in [-0.3, -0.25) is 9.78 Å². The van der Waals surface area contributed by atoms with Crippen molar-refractivity contribution in [2.45, 2.75) is 18.9 Å². The summed E-state index contributed by atoms with van der Waals surface area (Å²) in [6.07, 6.45) is 4.79. The Labute approximate surface area is 132 Å². The van der Waals surface area contributed by atoms with Crippen molar-refractivity contribution in [3.63, 3.8) is 0 Å². The third-order valence-electron chi connectivity index (χ3n) is 3.78. The maximum atomic E-state index is 13.3. The van der Waals surface area contributed by atoms with Crippen LogP contribution in [0.2, 0.25) is 0 Å².